The van der Waals surface area contributed by atoms with Gasteiger partial charge in [0.1, 0.15) is 0 Å². The van der Waals surface area contributed by atoms with E-state index in [4.69, 9.17) is 0 Å². The van der Waals surface area contributed by atoms with Crippen molar-refractivity contribution < 1.29 is 26.4 Å². The van der Waals surface area contributed by atoms with Gasteiger partial charge in [0.2, 0.25) is 11.8 Å². The van der Waals surface area contributed by atoms with Gasteiger partial charge < -0.3 is 0 Å². The summed E-state index contributed by atoms with van der Waals surface area (Å²) in [4.78, 5) is 24.4. The van der Waals surface area contributed by atoms with E-state index in [0.29, 0.717) is 17.6 Å². The summed E-state index contributed by atoms with van der Waals surface area (Å²) in [5, 5.41) is 0. The van der Waals surface area contributed by atoms with Crippen LogP contribution in [0.2, 0.25) is 0 Å². The Morgan fingerprint density at radius 2 is 0.824 bits per heavy atom. The number of sulfonamides is 2. The summed E-state index contributed by atoms with van der Waals surface area (Å²) in [6.45, 7) is 2.20. The molecule has 0 saturated carbocycles. The minimum Gasteiger partial charge on any atom is -0.274 e. The first-order valence-electron chi connectivity index (χ1n) is 9.58. The first-order valence-corrected chi connectivity index (χ1v) is 14.1. The molecule has 0 atom stereocenters. The van der Waals surface area contributed by atoms with E-state index in [0.717, 1.165) is 13.8 Å². The highest BCUT2D eigenvalue weighted by molar-refractivity contribution is 9.10. The minimum absolute atomic E-state index is 0.0105. The molecule has 8 nitrogen and oxygen atoms in total. The number of nitrogens with zero attached hydrogens (tertiary/aromatic N) is 2. The number of benzene rings is 3. The molecule has 0 N–H and O–H groups in total. The molecule has 0 aromatic heterocycles. The second-order valence-electron chi connectivity index (χ2n) is 7.00. The summed E-state index contributed by atoms with van der Waals surface area (Å²) in [6.07, 6.45) is 0. The standard InChI is InChI=1S/C22H18Br2N2O6S2/c1-15(27)25(33(29,30)21-11-3-17(23)4-12-21)19-7-9-20(10-8-19)26(16(2)28)34(31,32)22-13-5-18(24)6-14-22/h3-14H,1-2H3. The van der Waals surface area contributed by atoms with Crippen LogP contribution in [0.15, 0.2) is 91.5 Å². The predicted molar refractivity (Wildman–Crippen MR) is 135 cm³/mol. The molecule has 34 heavy (non-hydrogen) atoms. The molecule has 3 aromatic rings. The molecule has 0 bridgehead atoms. The number of amides is 2. The number of hydrogen-bond acceptors (Lipinski definition) is 6. The average Bonchev–Trinajstić information content (AvgIpc) is 2.75. The monoisotopic (exact) mass is 628 g/mol. The van der Waals surface area contributed by atoms with Crippen molar-refractivity contribution in [3.8, 4) is 0 Å². The van der Waals surface area contributed by atoms with Crippen molar-refractivity contribution in [2.75, 3.05) is 8.61 Å². The highest BCUT2D eigenvalue weighted by Gasteiger charge is 2.31. The first kappa shape index (κ1) is 26.1. The molecular weight excluding hydrogens is 612 g/mol. The minimum atomic E-state index is -4.24. The van der Waals surface area contributed by atoms with E-state index in [1.54, 1.807) is 0 Å². The van der Waals surface area contributed by atoms with E-state index in [1.807, 2.05) is 0 Å². The molecule has 0 spiro atoms. The lowest BCUT2D eigenvalue weighted by molar-refractivity contribution is -0.116. The summed E-state index contributed by atoms with van der Waals surface area (Å²) in [6, 6.07) is 16.6. The Morgan fingerprint density at radius 1 is 0.559 bits per heavy atom. The Labute approximate surface area is 214 Å². The number of anilines is 2. The lowest BCUT2D eigenvalue weighted by Gasteiger charge is -2.24. The lowest BCUT2D eigenvalue weighted by atomic mass is 10.2. The third-order valence-electron chi connectivity index (χ3n) is 4.59. The van der Waals surface area contributed by atoms with Gasteiger partial charge in [-0.15, -0.1) is 0 Å². The van der Waals surface area contributed by atoms with E-state index in [2.05, 4.69) is 31.9 Å². The Kier molecular flexibility index (Phi) is 7.65. The fraction of sp³-hybridized carbons (Fsp3) is 0.0909. The molecule has 12 heteroatoms. The molecule has 0 aliphatic rings. The number of hydrogen-bond donors (Lipinski definition) is 0. The van der Waals surface area contributed by atoms with Crippen LogP contribution in [-0.2, 0) is 29.6 Å². The van der Waals surface area contributed by atoms with Gasteiger partial charge in [0.15, 0.2) is 0 Å². The maximum absolute atomic E-state index is 13.1. The third-order valence-corrected chi connectivity index (χ3v) is 9.28. The maximum atomic E-state index is 13.1. The molecule has 0 saturated heterocycles. The summed E-state index contributed by atoms with van der Waals surface area (Å²) in [7, 11) is -8.47. The lowest BCUT2D eigenvalue weighted by Crippen LogP contribution is -2.36. The molecule has 0 radical (unpaired) electrons. The van der Waals surface area contributed by atoms with Gasteiger partial charge in [0.05, 0.1) is 21.2 Å². The SMILES string of the molecule is CC(=O)N(c1ccc(N(C(C)=O)S(=O)(=O)c2ccc(Br)cc2)cc1)S(=O)(=O)c1ccc(Br)cc1. The smallest absolute Gasteiger partial charge is 0.270 e. The predicted octanol–water partition coefficient (Wildman–Crippen LogP) is 4.70. The van der Waals surface area contributed by atoms with Gasteiger partial charge >= 0.3 is 0 Å². The summed E-state index contributed by atoms with van der Waals surface area (Å²) in [5.74, 6) is -1.52. The van der Waals surface area contributed by atoms with Crippen LogP contribution < -0.4 is 8.61 Å². The Bertz CT molecular complexity index is 1330. The fourth-order valence-corrected chi connectivity index (χ4v) is 6.51. The summed E-state index contributed by atoms with van der Waals surface area (Å²) >= 11 is 6.47. The van der Waals surface area contributed by atoms with E-state index in [1.165, 1.54) is 72.8 Å². The molecule has 3 aromatic carbocycles. The second kappa shape index (κ2) is 9.98. The van der Waals surface area contributed by atoms with E-state index >= 15 is 0 Å². The zero-order valence-corrected chi connectivity index (χ0v) is 22.6. The Balaban J connectivity index is 2.04. The summed E-state index contributed by atoms with van der Waals surface area (Å²) < 4.78 is 55.0. The number of carbonyl (C=O) groups is 2. The van der Waals surface area contributed by atoms with Gasteiger partial charge in [-0.25, -0.2) is 25.4 Å². The van der Waals surface area contributed by atoms with E-state index in [-0.39, 0.29) is 21.2 Å². The van der Waals surface area contributed by atoms with Crippen molar-refractivity contribution in [3.05, 3.63) is 81.7 Å². The average molecular weight is 630 g/mol. The largest absolute Gasteiger partial charge is 0.274 e. The van der Waals surface area contributed by atoms with E-state index in [9.17, 15) is 26.4 Å². The van der Waals surface area contributed by atoms with Gasteiger partial charge in [0, 0.05) is 22.8 Å². The van der Waals surface area contributed by atoms with Gasteiger partial charge in [-0.2, -0.15) is 0 Å². The van der Waals surface area contributed by atoms with Crippen LogP contribution in [0.4, 0.5) is 11.4 Å². The first-order chi connectivity index (χ1) is 15.9. The van der Waals surface area contributed by atoms with Gasteiger partial charge in [-0.05, 0) is 72.8 Å². The van der Waals surface area contributed by atoms with Crippen LogP contribution in [0.3, 0.4) is 0 Å². The molecule has 178 valence electrons. The Hall–Kier alpha value is -2.54. The van der Waals surface area contributed by atoms with Crippen molar-refractivity contribution in [1.82, 2.24) is 0 Å². The normalized spacial score (nSPS) is 11.6. The van der Waals surface area contributed by atoms with Crippen LogP contribution in [0.1, 0.15) is 13.8 Å². The van der Waals surface area contributed by atoms with Gasteiger partial charge in [-0.3, -0.25) is 9.59 Å². The zero-order valence-electron chi connectivity index (χ0n) is 17.8. The van der Waals surface area contributed by atoms with Crippen molar-refractivity contribution in [2.24, 2.45) is 0 Å². The highest BCUT2D eigenvalue weighted by atomic mass is 79.9. The molecule has 0 aliphatic heterocycles. The van der Waals surface area contributed by atoms with Crippen LogP contribution in [0, 0.1) is 0 Å². The third kappa shape index (κ3) is 5.24. The van der Waals surface area contributed by atoms with Crippen molar-refractivity contribution in [3.63, 3.8) is 0 Å². The van der Waals surface area contributed by atoms with E-state index < -0.39 is 31.9 Å². The molecule has 2 amide bonds. The molecule has 3 rings (SSSR count). The molecule has 0 unspecified atom stereocenters. The van der Waals surface area contributed by atoms with Crippen LogP contribution in [0.25, 0.3) is 0 Å². The quantitative estimate of drug-likeness (QED) is 0.391. The molecular formula is C22H18Br2N2O6S2. The van der Waals surface area contributed by atoms with Crippen molar-refractivity contribution in [1.29, 1.82) is 0 Å². The topological polar surface area (TPSA) is 109 Å². The van der Waals surface area contributed by atoms with Crippen molar-refractivity contribution in [2.45, 2.75) is 23.6 Å². The number of halogens is 2. The number of carbonyl (C=O) groups excluding carboxylic acids is 2. The van der Waals surface area contributed by atoms with Crippen LogP contribution in [0.5, 0.6) is 0 Å². The number of rotatable bonds is 6. The zero-order chi connectivity index (χ0) is 25.3. The van der Waals surface area contributed by atoms with Crippen molar-refractivity contribution >= 4 is 75.1 Å². The van der Waals surface area contributed by atoms with Crippen LogP contribution >= 0.6 is 31.9 Å². The van der Waals surface area contributed by atoms with Gasteiger partial charge in [0.25, 0.3) is 20.0 Å². The van der Waals surface area contributed by atoms with Crippen LogP contribution in [-0.4, -0.2) is 28.6 Å². The Morgan fingerprint density at radius 3 is 1.06 bits per heavy atom. The van der Waals surface area contributed by atoms with Gasteiger partial charge in [-0.1, -0.05) is 31.9 Å². The highest BCUT2D eigenvalue weighted by Crippen LogP contribution is 2.30. The second-order valence-corrected chi connectivity index (χ2v) is 12.4. The maximum Gasteiger partial charge on any atom is 0.270 e. The molecule has 0 fully saturated rings. The molecule has 0 heterocycles. The molecule has 0 aliphatic carbocycles. The summed E-state index contributed by atoms with van der Waals surface area (Å²) in [5.41, 5.74) is -0.0209. The fourth-order valence-electron chi connectivity index (χ4n) is 3.13.